The number of urea groups is 1. The van der Waals surface area contributed by atoms with E-state index in [1.807, 2.05) is 54.6 Å². The van der Waals surface area contributed by atoms with Gasteiger partial charge in [0.05, 0.1) is 5.69 Å². The van der Waals surface area contributed by atoms with E-state index in [2.05, 4.69) is 17.6 Å². The summed E-state index contributed by atoms with van der Waals surface area (Å²) in [5.41, 5.74) is 2.41. The highest BCUT2D eigenvalue weighted by Gasteiger charge is 2.18. The first-order valence-corrected chi connectivity index (χ1v) is 13.6. The Labute approximate surface area is 234 Å². The van der Waals surface area contributed by atoms with Crippen molar-refractivity contribution in [1.29, 1.82) is 0 Å². The van der Waals surface area contributed by atoms with Crippen LogP contribution in [-0.4, -0.2) is 25.0 Å². The van der Waals surface area contributed by atoms with Gasteiger partial charge in [-0.25, -0.2) is 9.18 Å². The van der Waals surface area contributed by atoms with E-state index in [9.17, 15) is 14.0 Å². The minimum absolute atomic E-state index is 0.0737. The first-order valence-electron chi connectivity index (χ1n) is 13.6. The van der Waals surface area contributed by atoms with E-state index >= 15 is 0 Å². The van der Waals surface area contributed by atoms with Crippen LogP contribution in [0.15, 0.2) is 103 Å². The Bertz CT molecular complexity index is 1380. The molecule has 0 aliphatic carbocycles. The summed E-state index contributed by atoms with van der Waals surface area (Å²) in [5.74, 6) is 0.548. The zero-order chi connectivity index (χ0) is 28.2. The van der Waals surface area contributed by atoms with Gasteiger partial charge in [0.15, 0.2) is 0 Å². The average molecular weight is 540 g/mol. The molecule has 0 spiro atoms. The number of rotatable bonds is 12. The minimum Gasteiger partial charge on any atom is -0.457 e. The minimum atomic E-state index is -0.533. The molecule has 0 heterocycles. The fraction of sp³-hybridized carbons (Fsp3) is 0.212. The monoisotopic (exact) mass is 539 g/mol. The van der Waals surface area contributed by atoms with Gasteiger partial charge in [0.2, 0.25) is 0 Å². The van der Waals surface area contributed by atoms with Crippen LogP contribution in [0.4, 0.5) is 20.6 Å². The van der Waals surface area contributed by atoms with Crippen molar-refractivity contribution in [3.05, 3.63) is 120 Å². The van der Waals surface area contributed by atoms with E-state index in [4.69, 9.17) is 4.74 Å². The molecule has 3 amide bonds. The summed E-state index contributed by atoms with van der Waals surface area (Å²) >= 11 is 0. The summed E-state index contributed by atoms with van der Waals surface area (Å²) in [6.07, 6.45) is 4.48. The molecule has 0 saturated heterocycles. The molecule has 0 aliphatic rings. The lowest BCUT2D eigenvalue weighted by Gasteiger charge is -2.24. The highest BCUT2D eigenvalue weighted by atomic mass is 19.1. The summed E-state index contributed by atoms with van der Waals surface area (Å²) in [5, 5.41) is 5.51. The van der Waals surface area contributed by atoms with Crippen molar-refractivity contribution in [2.24, 2.45) is 0 Å². The van der Waals surface area contributed by atoms with Gasteiger partial charge >= 0.3 is 6.03 Å². The largest absolute Gasteiger partial charge is 0.457 e. The topological polar surface area (TPSA) is 70.7 Å². The summed E-state index contributed by atoms with van der Waals surface area (Å²) in [6, 6.07) is 29.5. The van der Waals surface area contributed by atoms with E-state index in [1.54, 1.807) is 36.4 Å². The van der Waals surface area contributed by atoms with Crippen LogP contribution in [0.25, 0.3) is 0 Å². The Morgan fingerprint density at radius 3 is 2.17 bits per heavy atom. The van der Waals surface area contributed by atoms with Gasteiger partial charge in [-0.3, -0.25) is 9.69 Å². The third-order valence-electron chi connectivity index (χ3n) is 6.39. The number of hydrogen-bond donors (Lipinski definition) is 2. The second-order valence-electron chi connectivity index (χ2n) is 9.38. The molecule has 0 radical (unpaired) electrons. The smallest absolute Gasteiger partial charge is 0.326 e. The van der Waals surface area contributed by atoms with Crippen molar-refractivity contribution in [2.75, 3.05) is 23.3 Å². The standard InChI is InChI=1S/C33H34FN3O3/c1-2-3-5-10-25-15-17-26(18-16-25)32(38)35-23-24-37(33(39)36-31-14-9-8-13-30(31)34)27-19-21-29(22-20-27)40-28-11-6-4-7-12-28/h4,6-9,11-22H,2-3,5,10,23-24H2,1H3,(H,35,38)(H,36,39). The predicted molar refractivity (Wildman–Crippen MR) is 158 cm³/mol. The third-order valence-corrected chi connectivity index (χ3v) is 6.39. The maximum Gasteiger partial charge on any atom is 0.326 e. The number of hydrogen-bond acceptors (Lipinski definition) is 3. The van der Waals surface area contributed by atoms with E-state index in [1.165, 1.54) is 35.4 Å². The molecule has 4 aromatic carbocycles. The summed E-state index contributed by atoms with van der Waals surface area (Å²) in [4.78, 5) is 27.5. The normalized spacial score (nSPS) is 10.6. The van der Waals surface area contributed by atoms with Crippen LogP contribution in [0.2, 0.25) is 0 Å². The molecular formula is C33H34FN3O3. The van der Waals surface area contributed by atoms with Gasteiger partial charge in [-0.05, 0) is 79.1 Å². The number of amides is 3. The lowest BCUT2D eigenvalue weighted by molar-refractivity contribution is 0.0954. The van der Waals surface area contributed by atoms with Crippen LogP contribution in [-0.2, 0) is 6.42 Å². The van der Waals surface area contributed by atoms with Crippen LogP contribution in [0.3, 0.4) is 0 Å². The van der Waals surface area contributed by atoms with E-state index < -0.39 is 11.8 Å². The maximum absolute atomic E-state index is 14.2. The van der Waals surface area contributed by atoms with Gasteiger partial charge in [0.25, 0.3) is 5.91 Å². The Morgan fingerprint density at radius 2 is 1.48 bits per heavy atom. The second-order valence-corrected chi connectivity index (χ2v) is 9.38. The highest BCUT2D eigenvalue weighted by molar-refractivity contribution is 6.02. The SMILES string of the molecule is CCCCCc1ccc(C(=O)NCCN(C(=O)Nc2ccccc2F)c2ccc(Oc3ccccc3)cc2)cc1. The number of anilines is 2. The lowest BCUT2D eigenvalue weighted by atomic mass is 10.1. The molecule has 0 aromatic heterocycles. The second kappa shape index (κ2) is 14.5. The number of aryl methyl sites for hydroxylation is 1. The molecular weight excluding hydrogens is 505 g/mol. The van der Waals surface area contributed by atoms with Crippen LogP contribution >= 0.6 is 0 Å². The molecule has 0 bridgehead atoms. The lowest BCUT2D eigenvalue weighted by Crippen LogP contribution is -2.41. The Hall–Kier alpha value is -4.65. The molecule has 4 rings (SSSR count). The van der Waals surface area contributed by atoms with Crippen LogP contribution in [0.1, 0.15) is 42.1 Å². The number of para-hydroxylation sites is 2. The molecule has 0 unspecified atom stereocenters. The Balaban J connectivity index is 1.42. The van der Waals surface area contributed by atoms with Gasteiger partial charge in [-0.1, -0.05) is 62.2 Å². The number of carbonyl (C=O) groups excluding carboxylic acids is 2. The van der Waals surface area contributed by atoms with Crippen LogP contribution in [0, 0.1) is 5.82 Å². The molecule has 206 valence electrons. The van der Waals surface area contributed by atoms with Gasteiger partial charge < -0.3 is 15.4 Å². The van der Waals surface area contributed by atoms with Crippen molar-refractivity contribution >= 4 is 23.3 Å². The quantitative estimate of drug-likeness (QED) is 0.180. The summed E-state index contributed by atoms with van der Waals surface area (Å²) in [6.45, 7) is 2.54. The van der Waals surface area contributed by atoms with Crippen LogP contribution < -0.4 is 20.3 Å². The van der Waals surface area contributed by atoms with Crippen molar-refractivity contribution < 1.29 is 18.7 Å². The molecule has 0 saturated carbocycles. The number of ether oxygens (including phenoxy) is 1. The third kappa shape index (κ3) is 8.17. The first kappa shape index (κ1) is 28.4. The molecule has 4 aromatic rings. The van der Waals surface area contributed by atoms with Crippen molar-refractivity contribution in [1.82, 2.24) is 5.32 Å². The molecule has 2 N–H and O–H groups in total. The van der Waals surface area contributed by atoms with Crippen LogP contribution in [0.5, 0.6) is 11.5 Å². The molecule has 0 atom stereocenters. The number of halogens is 1. The van der Waals surface area contributed by atoms with Gasteiger partial charge in [0.1, 0.15) is 17.3 Å². The zero-order valence-corrected chi connectivity index (χ0v) is 22.6. The predicted octanol–water partition coefficient (Wildman–Crippen LogP) is 7.82. The molecule has 6 nitrogen and oxygen atoms in total. The van der Waals surface area contributed by atoms with Gasteiger partial charge in [0, 0.05) is 24.3 Å². The fourth-order valence-electron chi connectivity index (χ4n) is 4.20. The van der Waals surface area contributed by atoms with E-state index in [0.29, 0.717) is 22.7 Å². The van der Waals surface area contributed by atoms with Crippen molar-refractivity contribution in [2.45, 2.75) is 32.6 Å². The number of unbranched alkanes of at least 4 members (excludes halogenated alkanes) is 2. The number of nitrogens with one attached hydrogen (secondary N) is 2. The average Bonchev–Trinajstić information content (AvgIpc) is 2.98. The summed E-state index contributed by atoms with van der Waals surface area (Å²) < 4.78 is 20.1. The Morgan fingerprint density at radius 1 is 0.800 bits per heavy atom. The first-order chi connectivity index (χ1) is 19.5. The fourth-order valence-corrected chi connectivity index (χ4v) is 4.20. The van der Waals surface area contributed by atoms with E-state index in [-0.39, 0.29) is 24.7 Å². The molecule has 40 heavy (non-hydrogen) atoms. The molecule has 0 aliphatic heterocycles. The zero-order valence-electron chi connectivity index (χ0n) is 22.6. The summed E-state index contributed by atoms with van der Waals surface area (Å²) in [7, 11) is 0. The molecule has 7 heteroatoms. The van der Waals surface area contributed by atoms with Gasteiger partial charge in [-0.2, -0.15) is 0 Å². The van der Waals surface area contributed by atoms with Crippen molar-refractivity contribution in [3.63, 3.8) is 0 Å². The number of nitrogens with zero attached hydrogens (tertiary/aromatic N) is 1. The van der Waals surface area contributed by atoms with E-state index in [0.717, 1.165) is 12.8 Å². The highest BCUT2D eigenvalue weighted by Crippen LogP contribution is 2.25. The maximum atomic E-state index is 14.2. The molecule has 0 fully saturated rings. The Kier molecular flexibility index (Phi) is 10.3. The van der Waals surface area contributed by atoms with Crippen molar-refractivity contribution in [3.8, 4) is 11.5 Å². The van der Waals surface area contributed by atoms with Gasteiger partial charge in [-0.15, -0.1) is 0 Å². The number of carbonyl (C=O) groups is 2. The number of benzene rings is 4.